The van der Waals surface area contributed by atoms with Gasteiger partial charge < -0.3 is 20.5 Å². The summed E-state index contributed by atoms with van der Waals surface area (Å²) in [6.07, 6.45) is 2.43. The van der Waals surface area contributed by atoms with Gasteiger partial charge in [0, 0.05) is 29.7 Å². The number of carbonyl (C=O) groups excluding carboxylic acids is 1. The zero-order chi connectivity index (χ0) is 17.2. The van der Waals surface area contributed by atoms with Crippen LogP contribution in [0.4, 0.5) is 0 Å². The Labute approximate surface area is 156 Å². The van der Waals surface area contributed by atoms with Crippen LogP contribution in [0.15, 0.2) is 23.1 Å². The molecule has 2 unspecified atom stereocenters. The number of fused-ring (bicyclic) bond motifs is 1. The number of hydrogen-bond donors (Lipinski definition) is 2. The van der Waals surface area contributed by atoms with Crippen LogP contribution in [0.5, 0.6) is 11.5 Å². The predicted octanol–water partition coefficient (Wildman–Crippen LogP) is 1.62. The van der Waals surface area contributed by atoms with Gasteiger partial charge in [0.25, 0.3) is 0 Å². The molecule has 25 heavy (non-hydrogen) atoms. The lowest BCUT2D eigenvalue weighted by molar-refractivity contribution is -0.122. The Bertz CT molecular complexity index is 654. The van der Waals surface area contributed by atoms with Crippen LogP contribution >= 0.6 is 12.4 Å². The molecule has 1 amide bonds. The van der Waals surface area contributed by atoms with E-state index in [2.05, 4.69) is 5.32 Å². The van der Waals surface area contributed by atoms with E-state index >= 15 is 0 Å². The maximum Gasteiger partial charge on any atom is 0.221 e. The van der Waals surface area contributed by atoms with Crippen molar-refractivity contribution in [2.75, 3.05) is 25.5 Å². The average molecular weight is 389 g/mol. The quantitative estimate of drug-likeness (QED) is 0.740. The maximum absolute atomic E-state index is 12.4. The van der Waals surface area contributed by atoms with Crippen LogP contribution in [0, 0.1) is 5.92 Å². The second kappa shape index (κ2) is 8.38. The van der Waals surface area contributed by atoms with Crippen LogP contribution in [-0.4, -0.2) is 41.2 Å². The van der Waals surface area contributed by atoms with Crippen molar-refractivity contribution in [3.63, 3.8) is 0 Å². The lowest BCUT2D eigenvalue weighted by Crippen LogP contribution is -2.53. The Morgan fingerprint density at radius 2 is 2.00 bits per heavy atom. The Kier molecular flexibility index (Phi) is 6.71. The summed E-state index contributed by atoms with van der Waals surface area (Å²) in [5.74, 6) is 1.93. The number of nitrogens with one attached hydrogen (secondary N) is 1. The lowest BCUT2D eigenvalue weighted by Gasteiger charge is -2.29. The minimum absolute atomic E-state index is 0. The minimum atomic E-state index is -1.26. The molecule has 6 nitrogen and oxygen atoms in total. The summed E-state index contributed by atoms with van der Waals surface area (Å²) >= 11 is 0. The zero-order valence-electron chi connectivity index (χ0n) is 14.3. The molecular weight excluding hydrogens is 364 g/mol. The number of ether oxygens (including phenoxy) is 2. The third-order valence-corrected chi connectivity index (χ3v) is 5.97. The van der Waals surface area contributed by atoms with E-state index in [9.17, 15) is 9.00 Å². The first-order chi connectivity index (χ1) is 11.5. The predicted molar refractivity (Wildman–Crippen MR) is 98.9 cm³/mol. The van der Waals surface area contributed by atoms with Gasteiger partial charge in [0.2, 0.25) is 5.91 Å². The topological polar surface area (TPSA) is 90.7 Å². The SMILES string of the molecule is CC(CN)(NC(=O)CCS(=O)c1ccc2c(c1)OCCO2)C1CC1.Cl. The fourth-order valence-corrected chi connectivity index (χ4v) is 3.95. The molecule has 2 atom stereocenters. The van der Waals surface area contributed by atoms with Gasteiger partial charge in [-0.15, -0.1) is 12.4 Å². The summed E-state index contributed by atoms with van der Waals surface area (Å²) in [7, 11) is -1.26. The first kappa shape index (κ1) is 20.0. The molecule has 1 heterocycles. The van der Waals surface area contributed by atoms with Crippen LogP contribution in [-0.2, 0) is 15.6 Å². The molecular formula is C17H25ClN2O4S. The van der Waals surface area contributed by atoms with E-state index < -0.39 is 10.8 Å². The van der Waals surface area contributed by atoms with E-state index in [1.54, 1.807) is 18.2 Å². The standard InChI is InChI=1S/C17H24N2O4S.ClH/c1-17(11-18,12-2-3-12)19-16(20)6-9-24(21)13-4-5-14-15(10-13)23-8-7-22-14;/h4-5,10,12H,2-3,6-9,11,18H2,1H3,(H,19,20);1H. The number of carbonyl (C=O) groups is 1. The van der Waals surface area contributed by atoms with Crippen LogP contribution < -0.4 is 20.5 Å². The molecule has 2 aliphatic rings. The summed E-state index contributed by atoms with van der Waals surface area (Å²) in [5.41, 5.74) is 5.47. The molecule has 1 aliphatic heterocycles. The Morgan fingerprint density at radius 1 is 1.32 bits per heavy atom. The van der Waals surface area contributed by atoms with Gasteiger partial charge >= 0.3 is 0 Å². The fraction of sp³-hybridized carbons (Fsp3) is 0.588. The number of amides is 1. The van der Waals surface area contributed by atoms with Crippen molar-refractivity contribution in [3.8, 4) is 11.5 Å². The van der Waals surface area contributed by atoms with Crippen LogP contribution in [0.25, 0.3) is 0 Å². The number of hydrogen-bond acceptors (Lipinski definition) is 5. The molecule has 1 aromatic carbocycles. The summed E-state index contributed by atoms with van der Waals surface area (Å²) < 4.78 is 23.4. The van der Waals surface area contributed by atoms with Gasteiger partial charge in [-0.25, -0.2) is 0 Å². The van der Waals surface area contributed by atoms with E-state index in [4.69, 9.17) is 15.2 Å². The van der Waals surface area contributed by atoms with Gasteiger partial charge in [-0.2, -0.15) is 0 Å². The second-order valence-corrected chi connectivity index (χ2v) is 8.12. The van der Waals surface area contributed by atoms with Crippen LogP contribution in [0.3, 0.4) is 0 Å². The highest BCUT2D eigenvalue weighted by Crippen LogP contribution is 2.39. The lowest BCUT2D eigenvalue weighted by atomic mass is 9.96. The molecule has 1 saturated carbocycles. The average Bonchev–Trinajstić information content (AvgIpc) is 3.44. The van der Waals surface area contributed by atoms with Crippen molar-refractivity contribution in [1.29, 1.82) is 0 Å². The molecule has 0 spiro atoms. The molecule has 1 aliphatic carbocycles. The third kappa shape index (κ3) is 4.86. The number of halogens is 1. The van der Waals surface area contributed by atoms with E-state index in [1.807, 2.05) is 6.92 Å². The van der Waals surface area contributed by atoms with E-state index in [1.165, 1.54) is 0 Å². The molecule has 0 bridgehead atoms. The summed E-state index contributed by atoms with van der Waals surface area (Å²) in [5, 5.41) is 3.02. The summed E-state index contributed by atoms with van der Waals surface area (Å²) in [6, 6.07) is 5.26. The molecule has 1 aromatic rings. The van der Waals surface area contributed by atoms with Gasteiger partial charge in [-0.1, -0.05) is 0 Å². The van der Waals surface area contributed by atoms with Crippen molar-refractivity contribution < 1.29 is 18.5 Å². The highest BCUT2D eigenvalue weighted by molar-refractivity contribution is 7.85. The molecule has 3 rings (SSSR count). The Balaban J connectivity index is 0.00000225. The molecule has 0 saturated heterocycles. The normalized spacial score (nSPS) is 19.3. The first-order valence-electron chi connectivity index (χ1n) is 8.31. The molecule has 140 valence electrons. The molecule has 8 heteroatoms. The molecule has 0 aromatic heterocycles. The highest BCUT2D eigenvalue weighted by atomic mass is 35.5. The van der Waals surface area contributed by atoms with Crippen LogP contribution in [0.1, 0.15) is 26.2 Å². The molecule has 3 N–H and O–H groups in total. The highest BCUT2D eigenvalue weighted by Gasteiger charge is 2.41. The third-order valence-electron chi connectivity index (χ3n) is 4.62. The summed E-state index contributed by atoms with van der Waals surface area (Å²) in [6.45, 7) is 3.43. The van der Waals surface area contributed by atoms with Crippen molar-refractivity contribution in [2.24, 2.45) is 11.7 Å². The van der Waals surface area contributed by atoms with Gasteiger partial charge in [0.15, 0.2) is 11.5 Å². The van der Waals surface area contributed by atoms with Crippen molar-refractivity contribution in [3.05, 3.63) is 18.2 Å². The number of rotatable bonds is 7. The van der Waals surface area contributed by atoms with E-state index in [0.29, 0.717) is 42.1 Å². The van der Waals surface area contributed by atoms with Gasteiger partial charge in [0.1, 0.15) is 13.2 Å². The van der Waals surface area contributed by atoms with Crippen molar-refractivity contribution in [1.82, 2.24) is 5.32 Å². The number of nitrogens with two attached hydrogens (primary N) is 1. The van der Waals surface area contributed by atoms with Crippen molar-refractivity contribution >= 4 is 29.1 Å². The zero-order valence-corrected chi connectivity index (χ0v) is 15.9. The van der Waals surface area contributed by atoms with Crippen molar-refractivity contribution in [2.45, 2.75) is 36.6 Å². The van der Waals surface area contributed by atoms with Gasteiger partial charge in [-0.05, 0) is 37.8 Å². The van der Waals surface area contributed by atoms with Gasteiger partial charge in [-0.3, -0.25) is 9.00 Å². The van der Waals surface area contributed by atoms with E-state index in [0.717, 1.165) is 12.8 Å². The maximum atomic E-state index is 12.4. The largest absolute Gasteiger partial charge is 0.486 e. The minimum Gasteiger partial charge on any atom is -0.486 e. The smallest absolute Gasteiger partial charge is 0.221 e. The fourth-order valence-electron chi connectivity index (χ4n) is 2.89. The van der Waals surface area contributed by atoms with E-state index in [-0.39, 0.29) is 36.0 Å². The monoisotopic (exact) mass is 388 g/mol. The van der Waals surface area contributed by atoms with Crippen LogP contribution in [0.2, 0.25) is 0 Å². The molecule has 1 fully saturated rings. The number of benzene rings is 1. The Hall–Kier alpha value is -1.31. The first-order valence-corrected chi connectivity index (χ1v) is 9.63. The summed E-state index contributed by atoms with van der Waals surface area (Å²) in [4.78, 5) is 12.8. The van der Waals surface area contributed by atoms with Gasteiger partial charge in [0.05, 0.1) is 16.3 Å². The second-order valence-electron chi connectivity index (χ2n) is 6.55. The molecule has 0 radical (unpaired) electrons. The Morgan fingerprint density at radius 3 is 2.64 bits per heavy atom.